The van der Waals surface area contributed by atoms with E-state index in [4.69, 9.17) is 0 Å². The summed E-state index contributed by atoms with van der Waals surface area (Å²) in [5.74, 6) is 4.70. The monoisotopic (exact) mass is 546 g/mol. The third-order valence-corrected chi connectivity index (χ3v) is 9.75. The Morgan fingerprint density at radius 1 is 1.22 bits per heavy atom. The molecule has 1 aliphatic carbocycles. The van der Waals surface area contributed by atoms with Crippen molar-refractivity contribution in [1.29, 1.82) is 0 Å². The van der Waals surface area contributed by atoms with Crippen LogP contribution in [-0.2, 0) is 21.9 Å². The maximum Gasteiger partial charge on any atom is 0.348 e. The minimum atomic E-state index is -3.96. The van der Waals surface area contributed by atoms with E-state index in [0.717, 1.165) is 43.4 Å². The number of hydrogen-bond acceptors (Lipinski definition) is 6. The number of carboxylic acid groups (broad SMARTS) is 1. The van der Waals surface area contributed by atoms with Crippen molar-refractivity contribution in [3.8, 4) is 11.8 Å². The van der Waals surface area contributed by atoms with Crippen LogP contribution in [0.2, 0.25) is 0 Å². The first-order chi connectivity index (χ1) is 17.3. The molecule has 11 heteroatoms. The lowest BCUT2D eigenvalue weighted by Gasteiger charge is -2.44. The second-order valence-corrected chi connectivity index (χ2v) is 13.9. The second-order valence-electron chi connectivity index (χ2n) is 10.9. The van der Waals surface area contributed by atoms with Gasteiger partial charge in [0.25, 0.3) is 0 Å². The predicted octanol–water partition coefficient (Wildman–Crippen LogP) is 3.87. The summed E-state index contributed by atoms with van der Waals surface area (Å²) in [6.07, 6.45) is 6.26. The molecule has 200 valence electrons. The third kappa shape index (κ3) is 5.76. The Hall–Kier alpha value is -2.68. The molecule has 1 saturated carbocycles. The van der Waals surface area contributed by atoms with Gasteiger partial charge in [0.1, 0.15) is 9.77 Å². The quantitative estimate of drug-likeness (QED) is 0.570. The first-order valence-corrected chi connectivity index (χ1v) is 14.8. The lowest BCUT2D eigenvalue weighted by atomic mass is 9.82. The molecule has 1 N–H and O–H groups in total. The normalized spacial score (nSPS) is 20.1. The van der Waals surface area contributed by atoms with Gasteiger partial charge in [0.05, 0.1) is 28.8 Å². The Balaban J connectivity index is 1.77. The van der Waals surface area contributed by atoms with Crippen LogP contribution in [0.5, 0.6) is 0 Å². The largest absolute Gasteiger partial charge is 0.477 e. The molecule has 0 aromatic carbocycles. The molecule has 0 bridgehead atoms. The summed E-state index contributed by atoms with van der Waals surface area (Å²) in [5, 5.41) is 14.2. The summed E-state index contributed by atoms with van der Waals surface area (Å²) >= 11 is 1.05. The number of thiophene rings is 1. The van der Waals surface area contributed by atoms with Gasteiger partial charge in [-0.25, -0.2) is 13.2 Å². The number of nitrogens with zero attached hydrogens (tertiary/aromatic N) is 4. The predicted molar refractivity (Wildman–Crippen MR) is 142 cm³/mol. The van der Waals surface area contributed by atoms with Crippen molar-refractivity contribution in [3.63, 3.8) is 0 Å². The van der Waals surface area contributed by atoms with Gasteiger partial charge in [0.15, 0.2) is 0 Å². The van der Waals surface area contributed by atoms with Gasteiger partial charge < -0.3 is 10.0 Å². The number of rotatable bonds is 5. The minimum Gasteiger partial charge on any atom is -0.477 e. The smallest absolute Gasteiger partial charge is 0.348 e. The van der Waals surface area contributed by atoms with Crippen LogP contribution in [0.3, 0.4) is 0 Å². The van der Waals surface area contributed by atoms with E-state index in [1.54, 1.807) is 24.9 Å². The zero-order valence-corrected chi connectivity index (χ0v) is 23.6. The lowest BCUT2D eigenvalue weighted by molar-refractivity contribution is -0.121. The Kier molecular flexibility index (Phi) is 7.57. The average Bonchev–Trinajstić information content (AvgIpc) is 3.40. The van der Waals surface area contributed by atoms with Crippen molar-refractivity contribution in [3.05, 3.63) is 27.7 Å². The molecule has 9 nitrogen and oxygen atoms in total. The van der Waals surface area contributed by atoms with Gasteiger partial charge in [0, 0.05) is 25.2 Å². The number of aromatic nitrogens is 2. The van der Waals surface area contributed by atoms with Crippen molar-refractivity contribution in [2.24, 2.45) is 18.4 Å². The number of piperazine rings is 1. The maximum absolute atomic E-state index is 13.7. The number of hydrogen-bond donors (Lipinski definition) is 1. The van der Waals surface area contributed by atoms with Gasteiger partial charge in [-0.2, -0.15) is 9.40 Å². The zero-order chi connectivity index (χ0) is 27.1. The number of carboxylic acids is 1. The maximum atomic E-state index is 13.7. The van der Waals surface area contributed by atoms with Crippen LogP contribution in [0.15, 0.2) is 17.2 Å². The van der Waals surface area contributed by atoms with Crippen molar-refractivity contribution in [2.75, 3.05) is 18.0 Å². The minimum absolute atomic E-state index is 0.0479. The van der Waals surface area contributed by atoms with Gasteiger partial charge >= 0.3 is 5.97 Å². The van der Waals surface area contributed by atoms with E-state index in [1.807, 2.05) is 20.8 Å². The molecule has 1 aliphatic heterocycles. The van der Waals surface area contributed by atoms with Crippen molar-refractivity contribution in [2.45, 2.75) is 70.7 Å². The second kappa shape index (κ2) is 10.2. The van der Waals surface area contributed by atoms with E-state index < -0.39 is 27.9 Å². The number of carbonyl (C=O) groups is 2. The van der Waals surface area contributed by atoms with Crippen molar-refractivity contribution < 1.29 is 23.1 Å². The van der Waals surface area contributed by atoms with Gasteiger partial charge in [-0.3, -0.25) is 9.48 Å². The van der Waals surface area contributed by atoms with Crippen molar-refractivity contribution >= 4 is 38.9 Å². The molecule has 1 unspecified atom stereocenters. The van der Waals surface area contributed by atoms with Gasteiger partial charge in [0.2, 0.25) is 15.9 Å². The highest BCUT2D eigenvalue weighted by Gasteiger charge is 2.44. The standard InChI is InChI=1S/C26H34N4O5S2/c1-17-22(15-28(5)27-17)37(34,35)29-14-21(18-9-7-6-8-10-18)30(23(31)16-29)20-13-19(11-12-26(2,3)4)36-24(20)25(32)33/h13,15,18,21H,6-10,14,16H2,1-5H3,(H,32,33). The molecular formula is C26H34N4O5S2. The van der Waals surface area contributed by atoms with Crippen LogP contribution in [0.25, 0.3) is 0 Å². The molecule has 2 fully saturated rings. The Morgan fingerprint density at radius 3 is 2.46 bits per heavy atom. The first kappa shape index (κ1) is 27.4. The van der Waals surface area contributed by atoms with E-state index in [2.05, 4.69) is 16.9 Å². The molecule has 2 aliphatic rings. The summed E-state index contributed by atoms with van der Waals surface area (Å²) in [7, 11) is -2.30. The van der Waals surface area contributed by atoms with Crippen LogP contribution < -0.4 is 4.90 Å². The van der Waals surface area contributed by atoms with E-state index in [-0.39, 0.29) is 34.2 Å². The number of anilines is 1. The Bertz CT molecular complexity index is 1370. The highest BCUT2D eigenvalue weighted by molar-refractivity contribution is 7.89. The Morgan fingerprint density at radius 2 is 1.89 bits per heavy atom. The number of sulfonamides is 1. The van der Waals surface area contributed by atoms with Gasteiger partial charge in [-0.1, -0.05) is 31.1 Å². The zero-order valence-electron chi connectivity index (χ0n) is 21.9. The van der Waals surface area contributed by atoms with Crippen LogP contribution in [-0.4, -0.2) is 58.6 Å². The molecule has 1 atom stereocenters. The molecule has 3 heterocycles. The summed E-state index contributed by atoms with van der Waals surface area (Å²) < 4.78 is 29.9. The molecule has 0 radical (unpaired) electrons. The van der Waals surface area contributed by atoms with Gasteiger partial charge in [-0.15, -0.1) is 11.3 Å². The van der Waals surface area contributed by atoms with E-state index in [1.165, 1.54) is 15.2 Å². The summed E-state index contributed by atoms with van der Waals surface area (Å²) in [5.41, 5.74) is 0.420. The molecule has 2 aromatic rings. The fourth-order valence-electron chi connectivity index (χ4n) is 5.14. The average molecular weight is 547 g/mol. The highest BCUT2D eigenvalue weighted by atomic mass is 32.2. The van der Waals surface area contributed by atoms with Gasteiger partial charge in [-0.05, 0) is 52.5 Å². The van der Waals surface area contributed by atoms with Crippen molar-refractivity contribution in [1.82, 2.24) is 14.1 Å². The molecule has 4 rings (SSSR count). The summed E-state index contributed by atoms with van der Waals surface area (Å²) in [6.45, 7) is 7.29. The van der Waals surface area contributed by atoms with E-state index in [9.17, 15) is 23.1 Å². The molecule has 1 saturated heterocycles. The number of amides is 1. The number of aryl methyl sites for hydroxylation is 2. The SMILES string of the molecule is Cc1nn(C)cc1S(=O)(=O)N1CC(=O)N(c2cc(C#CC(C)(C)C)sc2C(=O)O)C(C2CCCCC2)C1. The summed E-state index contributed by atoms with van der Waals surface area (Å²) in [4.78, 5) is 28.2. The number of carbonyl (C=O) groups excluding carboxylic acids is 1. The molecule has 1 amide bonds. The third-order valence-electron chi connectivity index (χ3n) is 6.81. The van der Waals surface area contributed by atoms with Crippen LogP contribution in [0, 0.1) is 30.1 Å². The molecule has 37 heavy (non-hydrogen) atoms. The van der Waals surface area contributed by atoms with Crippen LogP contribution in [0.1, 0.15) is 73.1 Å². The highest BCUT2D eigenvalue weighted by Crippen LogP contribution is 2.39. The van der Waals surface area contributed by atoms with E-state index in [0.29, 0.717) is 16.3 Å². The Labute approximate surface area is 222 Å². The molecule has 0 spiro atoms. The topological polar surface area (TPSA) is 113 Å². The van der Waals surface area contributed by atoms with Crippen LogP contribution >= 0.6 is 11.3 Å². The number of aromatic carboxylic acids is 1. The lowest BCUT2D eigenvalue weighted by Crippen LogP contribution is -2.60. The molecular weight excluding hydrogens is 512 g/mol. The van der Waals surface area contributed by atoms with E-state index >= 15 is 0 Å². The molecule has 2 aromatic heterocycles. The summed E-state index contributed by atoms with van der Waals surface area (Å²) in [6, 6.07) is 1.21. The first-order valence-electron chi connectivity index (χ1n) is 12.5. The fraction of sp³-hybridized carbons (Fsp3) is 0.577. The van der Waals surface area contributed by atoms with Crippen LogP contribution in [0.4, 0.5) is 5.69 Å². The fourth-order valence-corrected chi connectivity index (χ4v) is 7.59.